The summed E-state index contributed by atoms with van der Waals surface area (Å²) in [5.74, 6) is 0.795. The second kappa shape index (κ2) is 17.6. The average molecular weight is 359 g/mol. The lowest BCUT2D eigenvalue weighted by molar-refractivity contribution is 0.495. The molecule has 1 unspecified atom stereocenters. The molecule has 0 saturated heterocycles. The molecule has 0 aliphatic rings. The third-order valence-corrected chi connectivity index (χ3v) is 5.83. The third kappa shape index (κ3) is 12.6. The van der Waals surface area contributed by atoms with Crippen LogP contribution in [0.25, 0.3) is 0 Å². The van der Waals surface area contributed by atoms with Crippen molar-refractivity contribution in [3.8, 4) is 0 Å². The highest BCUT2D eigenvalue weighted by molar-refractivity contribution is 5.19. The van der Waals surface area contributed by atoms with E-state index in [2.05, 4.69) is 44.2 Å². The van der Waals surface area contributed by atoms with Gasteiger partial charge in [-0.2, -0.15) is 0 Å². The standard InChI is InChI=1S/C26H46/c1-3-5-7-8-9-10-11-12-13-14-15-16-18-22-25(21-6-4-2)26-23-19-17-20-24-26/h17,19-20,23-25H,3-16,18,21-22H2,1-2H3. The zero-order valence-electron chi connectivity index (χ0n) is 18.0. The monoisotopic (exact) mass is 358 g/mol. The van der Waals surface area contributed by atoms with Crippen LogP contribution in [-0.4, -0.2) is 0 Å². The minimum absolute atomic E-state index is 0.795. The Hall–Kier alpha value is -0.780. The number of hydrogen-bond acceptors (Lipinski definition) is 0. The van der Waals surface area contributed by atoms with E-state index in [4.69, 9.17) is 0 Å². The highest BCUT2D eigenvalue weighted by Gasteiger charge is 2.10. The summed E-state index contributed by atoms with van der Waals surface area (Å²) in [6.45, 7) is 4.61. The normalized spacial score (nSPS) is 12.4. The summed E-state index contributed by atoms with van der Waals surface area (Å²) in [5, 5.41) is 0. The number of unbranched alkanes of at least 4 members (excludes halogenated alkanes) is 13. The van der Waals surface area contributed by atoms with Crippen molar-refractivity contribution in [1.82, 2.24) is 0 Å². The zero-order chi connectivity index (χ0) is 18.7. The molecule has 0 heteroatoms. The van der Waals surface area contributed by atoms with Gasteiger partial charge >= 0.3 is 0 Å². The second-order valence-corrected chi connectivity index (χ2v) is 8.28. The molecule has 1 atom stereocenters. The molecule has 150 valence electrons. The van der Waals surface area contributed by atoms with Crippen molar-refractivity contribution in [1.29, 1.82) is 0 Å². The topological polar surface area (TPSA) is 0 Å². The lowest BCUT2D eigenvalue weighted by atomic mass is 9.88. The molecule has 0 heterocycles. The maximum Gasteiger partial charge on any atom is -0.0162 e. The van der Waals surface area contributed by atoms with E-state index in [1.807, 2.05) is 0 Å². The molecule has 0 aliphatic heterocycles. The summed E-state index contributed by atoms with van der Waals surface area (Å²) in [4.78, 5) is 0. The third-order valence-electron chi connectivity index (χ3n) is 5.83. The Bertz CT molecular complexity index is 380. The van der Waals surface area contributed by atoms with E-state index in [1.165, 1.54) is 109 Å². The molecular formula is C26H46. The van der Waals surface area contributed by atoms with Gasteiger partial charge in [0.1, 0.15) is 0 Å². The Morgan fingerprint density at radius 1 is 0.500 bits per heavy atom. The Morgan fingerprint density at radius 2 is 0.923 bits per heavy atom. The quantitative estimate of drug-likeness (QED) is 0.229. The summed E-state index contributed by atoms with van der Waals surface area (Å²) in [7, 11) is 0. The van der Waals surface area contributed by atoms with Crippen LogP contribution in [-0.2, 0) is 0 Å². The van der Waals surface area contributed by atoms with E-state index in [0.717, 1.165) is 5.92 Å². The maximum absolute atomic E-state index is 2.34. The molecular weight excluding hydrogens is 312 g/mol. The van der Waals surface area contributed by atoms with Gasteiger partial charge in [-0.3, -0.25) is 0 Å². The fraction of sp³-hybridized carbons (Fsp3) is 0.769. The van der Waals surface area contributed by atoms with Gasteiger partial charge in [0.25, 0.3) is 0 Å². The predicted molar refractivity (Wildman–Crippen MR) is 119 cm³/mol. The highest BCUT2D eigenvalue weighted by atomic mass is 14.1. The van der Waals surface area contributed by atoms with E-state index in [-0.39, 0.29) is 0 Å². The molecule has 0 N–H and O–H groups in total. The van der Waals surface area contributed by atoms with E-state index in [0.29, 0.717) is 0 Å². The molecule has 0 spiro atoms. The van der Waals surface area contributed by atoms with Gasteiger partial charge in [-0.15, -0.1) is 0 Å². The predicted octanol–water partition coefficient (Wildman–Crippen LogP) is 9.44. The summed E-state index contributed by atoms with van der Waals surface area (Å²) in [6.07, 6.45) is 24.3. The lowest BCUT2D eigenvalue weighted by Crippen LogP contribution is -1.99. The van der Waals surface area contributed by atoms with Gasteiger partial charge in [-0.05, 0) is 24.3 Å². The molecule has 1 aromatic rings. The first kappa shape index (κ1) is 23.3. The van der Waals surface area contributed by atoms with Crippen LogP contribution in [0.4, 0.5) is 0 Å². The Morgan fingerprint density at radius 3 is 1.42 bits per heavy atom. The molecule has 1 rings (SSSR count). The summed E-state index contributed by atoms with van der Waals surface area (Å²) >= 11 is 0. The Labute approximate surface area is 165 Å². The smallest absolute Gasteiger partial charge is 0.0162 e. The van der Waals surface area contributed by atoms with Crippen LogP contribution in [0, 0.1) is 0 Å². The first-order valence-electron chi connectivity index (χ1n) is 11.9. The highest BCUT2D eigenvalue weighted by Crippen LogP contribution is 2.28. The van der Waals surface area contributed by atoms with Crippen LogP contribution in [0.15, 0.2) is 30.3 Å². The molecule has 0 amide bonds. The van der Waals surface area contributed by atoms with Gasteiger partial charge in [0, 0.05) is 0 Å². The van der Waals surface area contributed by atoms with Crippen molar-refractivity contribution >= 4 is 0 Å². The molecule has 0 nitrogen and oxygen atoms in total. The van der Waals surface area contributed by atoms with Crippen LogP contribution >= 0.6 is 0 Å². The van der Waals surface area contributed by atoms with Gasteiger partial charge < -0.3 is 0 Å². The van der Waals surface area contributed by atoms with Crippen molar-refractivity contribution in [2.75, 3.05) is 0 Å². The second-order valence-electron chi connectivity index (χ2n) is 8.28. The lowest BCUT2D eigenvalue weighted by Gasteiger charge is -2.17. The van der Waals surface area contributed by atoms with Crippen molar-refractivity contribution in [3.63, 3.8) is 0 Å². The molecule has 0 bridgehead atoms. The first-order chi connectivity index (χ1) is 12.9. The van der Waals surface area contributed by atoms with Gasteiger partial charge in [0.2, 0.25) is 0 Å². The van der Waals surface area contributed by atoms with E-state index in [1.54, 1.807) is 5.56 Å². The molecule has 0 aliphatic carbocycles. The van der Waals surface area contributed by atoms with Crippen molar-refractivity contribution in [2.24, 2.45) is 0 Å². The SMILES string of the molecule is CCCCCCCCCCCCCCCC(CCCC)c1ccccc1. The van der Waals surface area contributed by atoms with Crippen LogP contribution in [0.5, 0.6) is 0 Å². The summed E-state index contributed by atoms with van der Waals surface area (Å²) in [6, 6.07) is 11.2. The van der Waals surface area contributed by atoms with Gasteiger partial charge in [-0.1, -0.05) is 140 Å². The summed E-state index contributed by atoms with van der Waals surface area (Å²) in [5.41, 5.74) is 1.57. The maximum atomic E-state index is 2.34. The van der Waals surface area contributed by atoms with Gasteiger partial charge in [-0.25, -0.2) is 0 Å². The minimum atomic E-state index is 0.795. The molecule has 26 heavy (non-hydrogen) atoms. The van der Waals surface area contributed by atoms with E-state index < -0.39 is 0 Å². The van der Waals surface area contributed by atoms with E-state index in [9.17, 15) is 0 Å². The van der Waals surface area contributed by atoms with Crippen LogP contribution < -0.4 is 0 Å². The number of rotatable bonds is 18. The van der Waals surface area contributed by atoms with Crippen LogP contribution in [0.3, 0.4) is 0 Å². The van der Waals surface area contributed by atoms with Crippen molar-refractivity contribution in [2.45, 2.75) is 129 Å². The zero-order valence-corrected chi connectivity index (χ0v) is 18.0. The van der Waals surface area contributed by atoms with Crippen LogP contribution in [0.2, 0.25) is 0 Å². The minimum Gasteiger partial charge on any atom is -0.0654 e. The Kier molecular flexibility index (Phi) is 15.8. The molecule has 1 aromatic carbocycles. The van der Waals surface area contributed by atoms with Crippen molar-refractivity contribution in [3.05, 3.63) is 35.9 Å². The largest absolute Gasteiger partial charge is 0.0654 e. The molecule has 0 saturated carbocycles. The fourth-order valence-electron chi connectivity index (χ4n) is 4.06. The average Bonchev–Trinajstić information content (AvgIpc) is 2.68. The van der Waals surface area contributed by atoms with Gasteiger partial charge in [0.05, 0.1) is 0 Å². The molecule has 0 fully saturated rings. The van der Waals surface area contributed by atoms with Crippen molar-refractivity contribution < 1.29 is 0 Å². The number of benzene rings is 1. The van der Waals surface area contributed by atoms with E-state index >= 15 is 0 Å². The molecule has 0 radical (unpaired) electrons. The van der Waals surface area contributed by atoms with Crippen LogP contribution in [0.1, 0.15) is 134 Å². The number of hydrogen-bond donors (Lipinski definition) is 0. The summed E-state index contributed by atoms with van der Waals surface area (Å²) < 4.78 is 0. The molecule has 0 aromatic heterocycles. The Balaban J connectivity index is 1.97. The first-order valence-corrected chi connectivity index (χ1v) is 11.9. The van der Waals surface area contributed by atoms with Gasteiger partial charge in [0.15, 0.2) is 0 Å². The fourth-order valence-corrected chi connectivity index (χ4v) is 4.06.